The van der Waals surface area contributed by atoms with Crippen molar-refractivity contribution >= 4 is 17.6 Å². The van der Waals surface area contributed by atoms with Crippen LogP contribution in [-0.2, 0) is 14.3 Å². The number of aryl methyl sites for hydroxylation is 2. The quantitative estimate of drug-likeness (QED) is 0.770. The van der Waals surface area contributed by atoms with E-state index in [1.807, 2.05) is 26.0 Å². The Morgan fingerprint density at radius 3 is 2.58 bits per heavy atom. The minimum absolute atomic E-state index is 0.263. The van der Waals surface area contributed by atoms with E-state index in [1.165, 1.54) is 6.92 Å². The average Bonchev–Trinajstić information content (AvgIpc) is 2.61. The lowest BCUT2D eigenvalue weighted by molar-refractivity contribution is -0.155. The van der Waals surface area contributed by atoms with Crippen molar-refractivity contribution in [2.75, 3.05) is 19.0 Å². The van der Waals surface area contributed by atoms with Gasteiger partial charge >= 0.3 is 5.97 Å². The second-order valence-electron chi connectivity index (χ2n) is 5.91. The Kier molecular flexibility index (Phi) is 6.60. The highest BCUT2D eigenvalue weighted by molar-refractivity contribution is 5.95. The molecule has 0 saturated carbocycles. The Morgan fingerprint density at radius 1 is 1.12 bits per heavy atom. The van der Waals surface area contributed by atoms with Crippen LogP contribution in [0.4, 0.5) is 5.69 Å². The smallest absolute Gasteiger partial charge is 0.344 e. The molecule has 0 aromatic heterocycles. The van der Waals surface area contributed by atoms with Crippen LogP contribution in [0, 0.1) is 13.8 Å². The summed E-state index contributed by atoms with van der Waals surface area (Å²) >= 11 is 0. The molecular formula is C20H23NO5. The van der Waals surface area contributed by atoms with Crippen molar-refractivity contribution in [1.82, 2.24) is 0 Å². The number of anilines is 1. The molecular weight excluding hydrogens is 334 g/mol. The number of benzene rings is 2. The van der Waals surface area contributed by atoms with Gasteiger partial charge in [-0.25, -0.2) is 4.79 Å². The van der Waals surface area contributed by atoms with E-state index in [0.29, 0.717) is 17.2 Å². The molecule has 0 spiro atoms. The summed E-state index contributed by atoms with van der Waals surface area (Å²) < 4.78 is 15.7. The largest absolute Gasteiger partial charge is 0.497 e. The lowest BCUT2D eigenvalue weighted by Crippen LogP contribution is -2.31. The summed E-state index contributed by atoms with van der Waals surface area (Å²) in [6, 6.07) is 12.6. The van der Waals surface area contributed by atoms with Crippen molar-refractivity contribution in [1.29, 1.82) is 0 Å². The molecule has 0 unspecified atom stereocenters. The molecule has 0 aliphatic heterocycles. The molecule has 6 nitrogen and oxygen atoms in total. The highest BCUT2D eigenvalue weighted by Crippen LogP contribution is 2.19. The van der Waals surface area contributed by atoms with Crippen molar-refractivity contribution < 1.29 is 23.8 Å². The topological polar surface area (TPSA) is 73.9 Å². The molecule has 0 fully saturated rings. The number of methoxy groups -OCH3 is 1. The second kappa shape index (κ2) is 8.89. The zero-order chi connectivity index (χ0) is 19.1. The third-order valence-electron chi connectivity index (χ3n) is 3.69. The van der Waals surface area contributed by atoms with Crippen LogP contribution in [-0.4, -0.2) is 31.7 Å². The Hall–Kier alpha value is -3.02. The van der Waals surface area contributed by atoms with Gasteiger partial charge in [-0.3, -0.25) is 4.79 Å². The van der Waals surface area contributed by atoms with Crippen LogP contribution < -0.4 is 14.8 Å². The van der Waals surface area contributed by atoms with Gasteiger partial charge in [0.1, 0.15) is 11.5 Å². The Bertz CT molecular complexity index is 788. The maximum Gasteiger partial charge on any atom is 0.344 e. The molecule has 0 bridgehead atoms. The van der Waals surface area contributed by atoms with Gasteiger partial charge in [0.2, 0.25) is 0 Å². The molecule has 138 valence electrons. The van der Waals surface area contributed by atoms with Crippen molar-refractivity contribution in [3.63, 3.8) is 0 Å². The Morgan fingerprint density at radius 2 is 1.88 bits per heavy atom. The molecule has 2 aromatic carbocycles. The SMILES string of the molecule is COc1cccc(NC(=O)[C@@H](C)OC(=O)COc2ccc(C)cc2C)c1. The maximum atomic E-state index is 12.1. The van der Waals surface area contributed by atoms with E-state index in [2.05, 4.69) is 5.32 Å². The van der Waals surface area contributed by atoms with Gasteiger partial charge in [0.05, 0.1) is 7.11 Å². The molecule has 0 aliphatic rings. The molecule has 1 N–H and O–H groups in total. The van der Waals surface area contributed by atoms with Gasteiger partial charge in [0.25, 0.3) is 5.91 Å². The number of ether oxygens (including phenoxy) is 3. The van der Waals surface area contributed by atoms with E-state index in [1.54, 1.807) is 37.4 Å². The first-order valence-corrected chi connectivity index (χ1v) is 8.23. The number of amides is 1. The van der Waals surface area contributed by atoms with Gasteiger partial charge in [-0.2, -0.15) is 0 Å². The van der Waals surface area contributed by atoms with E-state index in [4.69, 9.17) is 14.2 Å². The molecule has 0 heterocycles. The predicted octanol–water partition coefficient (Wildman–Crippen LogP) is 3.26. The molecule has 26 heavy (non-hydrogen) atoms. The Balaban J connectivity index is 1.84. The van der Waals surface area contributed by atoms with Crippen molar-refractivity contribution in [3.8, 4) is 11.5 Å². The summed E-state index contributed by atoms with van der Waals surface area (Å²) in [6.07, 6.45) is -0.948. The average molecular weight is 357 g/mol. The van der Waals surface area contributed by atoms with E-state index < -0.39 is 18.0 Å². The first-order chi connectivity index (χ1) is 12.4. The lowest BCUT2D eigenvalue weighted by atomic mass is 10.1. The van der Waals surface area contributed by atoms with Crippen molar-refractivity contribution in [2.24, 2.45) is 0 Å². The normalized spacial score (nSPS) is 11.4. The fourth-order valence-corrected chi connectivity index (χ4v) is 2.33. The van der Waals surface area contributed by atoms with Crippen LogP contribution in [0.3, 0.4) is 0 Å². The van der Waals surface area contributed by atoms with Crippen LogP contribution >= 0.6 is 0 Å². The van der Waals surface area contributed by atoms with Crippen molar-refractivity contribution in [3.05, 3.63) is 53.6 Å². The minimum Gasteiger partial charge on any atom is -0.497 e. The van der Waals surface area contributed by atoms with Gasteiger partial charge in [-0.15, -0.1) is 0 Å². The van der Waals surface area contributed by atoms with Crippen molar-refractivity contribution in [2.45, 2.75) is 26.9 Å². The molecule has 2 rings (SSSR count). The van der Waals surface area contributed by atoms with E-state index >= 15 is 0 Å². The van der Waals surface area contributed by atoms with Crippen LogP contribution in [0.2, 0.25) is 0 Å². The first kappa shape index (κ1) is 19.3. The molecule has 0 saturated heterocycles. The molecule has 6 heteroatoms. The number of rotatable bonds is 7. The van der Waals surface area contributed by atoms with Gasteiger partial charge in [0.15, 0.2) is 12.7 Å². The summed E-state index contributed by atoms with van der Waals surface area (Å²) in [7, 11) is 1.54. The lowest BCUT2D eigenvalue weighted by Gasteiger charge is -2.15. The molecule has 0 radical (unpaired) electrons. The van der Waals surface area contributed by atoms with E-state index in [-0.39, 0.29) is 6.61 Å². The van der Waals surface area contributed by atoms with Crippen LogP contribution in [0.15, 0.2) is 42.5 Å². The number of nitrogens with one attached hydrogen (secondary N) is 1. The predicted molar refractivity (Wildman–Crippen MR) is 98.6 cm³/mol. The van der Waals surface area contributed by atoms with Crippen LogP contribution in [0.1, 0.15) is 18.1 Å². The van der Waals surface area contributed by atoms with Gasteiger partial charge in [-0.05, 0) is 44.5 Å². The van der Waals surface area contributed by atoms with E-state index in [9.17, 15) is 9.59 Å². The third-order valence-corrected chi connectivity index (χ3v) is 3.69. The number of carbonyl (C=O) groups is 2. The van der Waals surface area contributed by atoms with Crippen LogP contribution in [0.25, 0.3) is 0 Å². The summed E-state index contributed by atoms with van der Waals surface area (Å²) in [5.74, 6) is 0.187. The standard InChI is InChI=1S/C20H23NO5/c1-13-8-9-18(14(2)10-13)25-12-19(22)26-15(3)20(23)21-16-6-5-7-17(11-16)24-4/h5-11,15H,12H2,1-4H3,(H,21,23)/t15-/m1/s1. The molecule has 1 amide bonds. The fourth-order valence-electron chi connectivity index (χ4n) is 2.33. The highest BCUT2D eigenvalue weighted by Gasteiger charge is 2.18. The maximum absolute atomic E-state index is 12.1. The van der Waals surface area contributed by atoms with Gasteiger partial charge in [0, 0.05) is 11.8 Å². The summed E-state index contributed by atoms with van der Waals surface area (Å²) in [4.78, 5) is 24.1. The van der Waals surface area contributed by atoms with Gasteiger partial charge < -0.3 is 19.5 Å². The summed E-state index contributed by atoms with van der Waals surface area (Å²) in [6.45, 7) is 5.12. The summed E-state index contributed by atoms with van der Waals surface area (Å²) in [5.41, 5.74) is 2.60. The second-order valence-corrected chi connectivity index (χ2v) is 5.91. The minimum atomic E-state index is -0.948. The summed E-state index contributed by atoms with van der Waals surface area (Å²) in [5, 5.41) is 2.67. The number of esters is 1. The fraction of sp³-hybridized carbons (Fsp3) is 0.300. The van der Waals surface area contributed by atoms with Gasteiger partial charge in [-0.1, -0.05) is 23.8 Å². The molecule has 2 aromatic rings. The van der Waals surface area contributed by atoms with E-state index in [0.717, 1.165) is 11.1 Å². The molecule has 1 atom stereocenters. The monoisotopic (exact) mass is 357 g/mol. The highest BCUT2D eigenvalue weighted by atomic mass is 16.6. The number of hydrogen-bond donors (Lipinski definition) is 1. The zero-order valence-electron chi connectivity index (χ0n) is 15.4. The Labute approximate surface area is 153 Å². The molecule has 0 aliphatic carbocycles. The number of carbonyl (C=O) groups excluding carboxylic acids is 2. The zero-order valence-corrected chi connectivity index (χ0v) is 15.4. The third kappa shape index (κ3) is 5.51. The first-order valence-electron chi connectivity index (χ1n) is 8.23. The number of hydrogen-bond acceptors (Lipinski definition) is 5. The van der Waals surface area contributed by atoms with Crippen LogP contribution in [0.5, 0.6) is 11.5 Å².